The minimum absolute atomic E-state index is 0. The summed E-state index contributed by atoms with van der Waals surface area (Å²) < 4.78 is 0. The van der Waals surface area contributed by atoms with E-state index < -0.39 is 0 Å². The van der Waals surface area contributed by atoms with Crippen molar-refractivity contribution in [2.75, 3.05) is 18.4 Å². The lowest BCUT2D eigenvalue weighted by Gasteiger charge is -2.21. The van der Waals surface area contributed by atoms with Crippen LogP contribution in [0, 0.1) is 5.92 Å². The van der Waals surface area contributed by atoms with Crippen molar-refractivity contribution in [3.63, 3.8) is 0 Å². The molecule has 1 unspecified atom stereocenters. The lowest BCUT2D eigenvalue weighted by Crippen LogP contribution is -2.41. The van der Waals surface area contributed by atoms with E-state index >= 15 is 0 Å². The summed E-state index contributed by atoms with van der Waals surface area (Å²) in [6.07, 6.45) is 0.312. The van der Waals surface area contributed by atoms with Gasteiger partial charge in [0.15, 0.2) is 0 Å². The molecule has 0 radical (unpaired) electrons. The third-order valence-electron chi connectivity index (χ3n) is 2.67. The van der Waals surface area contributed by atoms with Gasteiger partial charge in [0.25, 0.3) is 0 Å². The minimum atomic E-state index is -0.285. The summed E-state index contributed by atoms with van der Waals surface area (Å²) in [5.41, 5.74) is 0.692. The van der Waals surface area contributed by atoms with Crippen molar-refractivity contribution in [3.05, 3.63) is 29.3 Å². The van der Waals surface area contributed by atoms with Gasteiger partial charge >= 0.3 is 0 Å². The van der Waals surface area contributed by atoms with Crippen LogP contribution >= 0.6 is 24.0 Å². The molecule has 1 aromatic carbocycles. The number of nitrogens with one attached hydrogen (secondary N) is 2. The van der Waals surface area contributed by atoms with Crippen molar-refractivity contribution in [3.8, 4) is 0 Å². The highest BCUT2D eigenvalue weighted by Crippen LogP contribution is 2.15. The number of hydrogen-bond acceptors (Lipinski definition) is 3. The molecule has 1 aromatic rings. The van der Waals surface area contributed by atoms with Crippen LogP contribution < -0.4 is 10.6 Å². The number of anilines is 1. The van der Waals surface area contributed by atoms with Gasteiger partial charge in [-0.15, -0.1) is 12.4 Å². The molecule has 1 fully saturated rings. The molecule has 18 heavy (non-hydrogen) atoms. The smallest absolute Gasteiger partial charge is 0.229 e. The van der Waals surface area contributed by atoms with Crippen molar-refractivity contribution >= 4 is 41.4 Å². The summed E-state index contributed by atoms with van der Waals surface area (Å²) in [5.74, 6) is -0.340. The zero-order chi connectivity index (χ0) is 12.3. The van der Waals surface area contributed by atoms with Gasteiger partial charge in [-0.2, -0.15) is 0 Å². The van der Waals surface area contributed by atoms with Gasteiger partial charge in [-0.1, -0.05) is 11.6 Å². The molecule has 4 nitrogen and oxygen atoms in total. The fraction of sp³-hybridized carbons (Fsp3) is 0.333. The number of benzene rings is 1. The molecule has 2 N–H and O–H groups in total. The Hall–Kier alpha value is -1.10. The van der Waals surface area contributed by atoms with Crippen LogP contribution in [0.15, 0.2) is 24.3 Å². The Balaban J connectivity index is 0.00000162. The summed E-state index contributed by atoms with van der Waals surface area (Å²) in [7, 11) is 0. The monoisotopic (exact) mass is 288 g/mol. The fourth-order valence-electron chi connectivity index (χ4n) is 1.77. The highest BCUT2D eigenvalue weighted by atomic mass is 35.5. The van der Waals surface area contributed by atoms with Crippen molar-refractivity contribution in [1.29, 1.82) is 0 Å². The molecule has 98 valence electrons. The van der Waals surface area contributed by atoms with Crippen LogP contribution in [0.3, 0.4) is 0 Å². The van der Waals surface area contributed by atoms with Gasteiger partial charge in [0.2, 0.25) is 5.91 Å². The van der Waals surface area contributed by atoms with Crippen LogP contribution in [0.4, 0.5) is 5.69 Å². The second kappa shape index (κ2) is 6.73. The maximum Gasteiger partial charge on any atom is 0.229 e. The van der Waals surface area contributed by atoms with Gasteiger partial charge < -0.3 is 10.6 Å². The maximum absolute atomic E-state index is 11.9. The normalized spacial score (nSPS) is 18.9. The summed E-state index contributed by atoms with van der Waals surface area (Å²) in [5, 5.41) is 6.32. The van der Waals surface area contributed by atoms with E-state index in [-0.39, 0.29) is 30.0 Å². The van der Waals surface area contributed by atoms with E-state index in [9.17, 15) is 9.59 Å². The molecule has 1 amide bonds. The minimum Gasteiger partial charge on any atom is -0.326 e. The molecule has 2 rings (SSSR count). The number of hydrogen-bond donors (Lipinski definition) is 2. The van der Waals surface area contributed by atoms with E-state index in [1.54, 1.807) is 24.3 Å². The molecule has 1 saturated heterocycles. The van der Waals surface area contributed by atoms with Gasteiger partial charge in [0, 0.05) is 23.7 Å². The summed E-state index contributed by atoms with van der Waals surface area (Å²) in [4.78, 5) is 23.1. The van der Waals surface area contributed by atoms with Crippen LogP contribution in [0.2, 0.25) is 5.02 Å². The summed E-state index contributed by atoms with van der Waals surface area (Å²) in [6.45, 7) is 0.913. The summed E-state index contributed by atoms with van der Waals surface area (Å²) in [6, 6.07) is 6.89. The SMILES string of the molecule is Cl.O=C1CNCC(C(=O)Nc2ccc(Cl)cc2)C1. The average Bonchev–Trinajstić information content (AvgIpc) is 2.32. The highest BCUT2D eigenvalue weighted by Gasteiger charge is 2.25. The number of carbonyl (C=O) groups excluding carboxylic acids is 2. The Kier molecular flexibility index (Phi) is 5.59. The second-order valence-electron chi connectivity index (χ2n) is 4.07. The molecule has 6 heteroatoms. The van der Waals surface area contributed by atoms with E-state index in [2.05, 4.69) is 10.6 Å². The quantitative estimate of drug-likeness (QED) is 0.874. The Labute approximate surface area is 116 Å². The Morgan fingerprint density at radius 2 is 2.00 bits per heavy atom. The van der Waals surface area contributed by atoms with Crippen molar-refractivity contribution in [2.45, 2.75) is 6.42 Å². The molecular formula is C12H14Cl2N2O2. The zero-order valence-electron chi connectivity index (χ0n) is 9.61. The van der Waals surface area contributed by atoms with Crippen LogP contribution in [-0.4, -0.2) is 24.8 Å². The molecule has 1 atom stereocenters. The number of ketones is 1. The first kappa shape index (κ1) is 15.0. The first-order valence-electron chi connectivity index (χ1n) is 5.44. The molecule has 0 saturated carbocycles. The molecule has 0 spiro atoms. The predicted octanol–water partition coefficient (Wildman–Crippen LogP) is 1.88. The predicted molar refractivity (Wildman–Crippen MR) is 73.3 cm³/mol. The van der Waals surface area contributed by atoms with Crippen LogP contribution in [0.1, 0.15) is 6.42 Å². The van der Waals surface area contributed by atoms with E-state index in [1.165, 1.54) is 0 Å². The van der Waals surface area contributed by atoms with Crippen molar-refractivity contribution in [1.82, 2.24) is 5.32 Å². The molecule has 0 bridgehead atoms. The van der Waals surface area contributed by atoms with Gasteiger partial charge in [-0.05, 0) is 24.3 Å². The number of amides is 1. The lowest BCUT2D eigenvalue weighted by atomic mass is 9.98. The van der Waals surface area contributed by atoms with Gasteiger partial charge in [-0.25, -0.2) is 0 Å². The molecule has 0 aromatic heterocycles. The average molecular weight is 289 g/mol. The largest absolute Gasteiger partial charge is 0.326 e. The number of Topliss-reactive ketones (excluding diaryl/α,β-unsaturated/α-hetero) is 1. The van der Waals surface area contributed by atoms with Gasteiger partial charge in [0.05, 0.1) is 12.5 Å². The Bertz CT molecular complexity index is 434. The third kappa shape index (κ3) is 3.98. The number of rotatable bonds is 2. The lowest BCUT2D eigenvalue weighted by molar-refractivity contribution is -0.127. The topological polar surface area (TPSA) is 58.2 Å². The molecule has 1 aliphatic heterocycles. The van der Waals surface area contributed by atoms with E-state index in [4.69, 9.17) is 11.6 Å². The second-order valence-corrected chi connectivity index (χ2v) is 4.50. The van der Waals surface area contributed by atoms with Gasteiger partial charge in [-0.3, -0.25) is 9.59 Å². The fourth-order valence-corrected chi connectivity index (χ4v) is 1.89. The van der Waals surface area contributed by atoms with Crippen LogP contribution in [-0.2, 0) is 9.59 Å². The number of halogens is 2. The number of carbonyl (C=O) groups is 2. The first-order chi connectivity index (χ1) is 8.15. The molecule has 1 aliphatic rings. The molecule has 1 heterocycles. The van der Waals surface area contributed by atoms with E-state index in [0.29, 0.717) is 30.2 Å². The summed E-state index contributed by atoms with van der Waals surface area (Å²) >= 11 is 5.75. The zero-order valence-corrected chi connectivity index (χ0v) is 11.2. The number of piperidine rings is 1. The van der Waals surface area contributed by atoms with E-state index in [0.717, 1.165) is 0 Å². The Morgan fingerprint density at radius 3 is 2.61 bits per heavy atom. The molecular weight excluding hydrogens is 275 g/mol. The first-order valence-corrected chi connectivity index (χ1v) is 5.82. The standard InChI is InChI=1S/C12H13ClN2O2.ClH/c13-9-1-3-10(4-2-9)15-12(17)8-5-11(16)7-14-6-8;/h1-4,8,14H,5-7H2,(H,15,17);1H. The highest BCUT2D eigenvalue weighted by molar-refractivity contribution is 6.30. The van der Waals surface area contributed by atoms with Crippen LogP contribution in [0.25, 0.3) is 0 Å². The maximum atomic E-state index is 11.9. The van der Waals surface area contributed by atoms with Gasteiger partial charge in [0.1, 0.15) is 5.78 Å². The van der Waals surface area contributed by atoms with Crippen molar-refractivity contribution < 1.29 is 9.59 Å². The third-order valence-corrected chi connectivity index (χ3v) is 2.92. The molecule has 0 aliphatic carbocycles. The van der Waals surface area contributed by atoms with Crippen LogP contribution in [0.5, 0.6) is 0 Å². The van der Waals surface area contributed by atoms with E-state index in [1.807, 2.05) is 0 Å². The van der Waals surface area contributed by atoms with Crippen molar-refractivity contribution in [2.24, 2.45) is 5.92 Å². The Morgan fingerprint density at radius 1 is 1.33 bits per heavy atom.